The standard InChI is InChI=1S/C22H25N3O2/c1-14(2)13-23-22(26)21-24-17(12-15-8-4-3-5-9-15)20-19(25-21)16-10-6-7-11-18(16)27-20/h3-5,8-9,14H,6-7,10-13H2,1-2H3,(H,23,26). The lowest BCUT2D eigenvalue weighted by Crippen LogP contribution is -2.29. The molecular formula is C22H25N3O2. The smallest absolute Gasteiger partial charge is 0.289 e. The summed E-state index contributed by atoms with van der Waals surface area (Å²) in [6.45, 7) is 4.74. The Bertz CT molecular complexity index is 961. The van der Waals surface area contributed by atoms with Crippen molar-refractivity contribution in [2.45, 2.75) is 46.0 Å². The second-order valence-corrected chi connectivity index (χ2v) is 7.65. The first kappa shape index (κ1) is 17.7. The maximum atomic E-state index is 12.6. The number of benzene rings is 1. The van der Waals surface area contributed by atoms with Crippen LogP contribution in [0.5, 0.6) is 0 Å². The fourth-order valence-electron chi connectivity index (χ4n) is 3.56. The second kappa shape index (κ2) is 7.51. The first-order valence-corrected chi connectivity index (χ1v) is 9.75. The second-order valence-electron chi connectivity index (χ2n) is 7.65. The van der Waals surface area contributed by atoms with Gasteiger partial charge in [-0.1, -0.05) is 44.2 Å². The van der Waals surface area contributed by atoms with Crippen molar-refractivity contribution in [3.63, 3.8) is 0 Å². The van der Waals surface area contributed by atoms with Crippen molar-refractivity contribution in [2.24, 2.45) is 5.92 Å². The van der Waals surface area contributed by atoms with Crippen molar-refractivity contribution in [3.8, 4) is 0 Å². The first-order valence-electron chi connectivity index (χ1n) is 9.75. The van der Waals surface area contributed by atoms with E-state index < -0.39 is 0 Å². The third kappa shape index (κ3) is 3.72. The number of fused-ring (bicyclic) bond motifs is 3. The number of hydrogen-bond acceptors (Lipinski definition) is 4. The predicted octanol–water partition coefficient (Wildman–Crippen LogP) is 4.08. The van der Waals surface area contributed by atoms with Crippen LogP contribution in [-0.4, -0.2) is 22.4 Å². The van der Waals surface area contributed by atoms with E-state index in [2.05, 4.69) is 41.3 Å². The molecule has 0 fully saturated rings. The molecular weight excluding hydrogens is 338 g/mol. The van der Waals surface area contributed by atoms with Crippen molar-refractivity contribution in [3.05, 3.63) is 58.7 Å². The number of carbonyl (C=O) groups is 1. The molecule has 0 spiro atoms. The summed E-state index contributed by atoms with van der Waals surface area (Å²) in [6, 6.07) is 10.1. The number of rotatable bonds is 5. The molecule has 27 heavy (non-hydrogen) atoms. The Balaban J connectivity index is 1.78. The van der Waals surface area contributed by atoms with E-state index in [1.165, 1.54) is 0 Å². The maximum absolute atomic E-state index is 12.6. The normalized spacial score (nSPS) is 13.7. The zero-order valence-corrected chi connectivity index (χ0v) is 15.9. The van der Waals surface area contributed by atoms with E-state index in [-0.39, 0.29) is 11.7 Å². The fraction of sp³-hybridized carbons (Fsp3) is 0.409. The quantitative estimate of drug-likeness (QED) is 0.742. The molecule has 4 rings (SSSR count). The molecule has 140 valence electrons. The van der Waals surface area contributed by atoms with Gasteiger partial charge >= 0.3 is 0 Å². The Hall–Kier alpha value is -2.69. The van der Waals surface area contributed by atoms with E-state index >= 15 is 0 Å². The zero-order chi connectivity index (χ0) is 18.8. The van der Waals surface area contributed by atoms with E-state index in [0.29, 0.717) is 18.9 Å². The van der Waals surface area contributed by atoms with E-state index in [1.807, 2.05) is 18.2 Å². The number of aromatic nitrogens is 2. The van der Waals surface area contributed by atoms with Crippen LogP contribution in [0.1, 0.15) is 59.9 Å². The molecule has 0 bridgehead atoms. The average Bonchev–Trinajstić information content (AvgIpc) is 3.06. The molecule has 0 saturated heterocycles. The van der Waals surface area contributed by atoms with Gasteiger partial charge in [-0.25, -0.2) is 9.97 Å². The van der Waals surface area contributed by atoms with Crippen LogP contribution in [0.4, 0.5) is 0 Å². The van der Waals surface area contributed by atoms with Gasteiger partial charge in [0.25, 0.3) is 5.91 Å². The van der Waals surface area contributed by atoms with Gasteiger partial charge in [-0.2, -0.15) is 0 Å². The molecule has 0 radical (unpaired) electrons. The van der Waals surface area contributed by atoms with Crippen molar-refractivity contribution in [1.82, 2.24) is 15.3 Å². The molecule has 1 aliphatic rings. The van der Waals surface area contributed by atoms with E-state index in [1.54, 1.807) is 0 Å². The number of nitrogens with zero attached hydrogens (tertiary/aromatic N) is 2. The minimum Gasteiger partial charge on any atom is -0.457 e. The molecule has 5 heteroatoms. The Morgan fingerprint density at radius 1 is 1.15 bits per heavy atom. The molecule has 0 unspecified atom stereocenters. The highest BCUT2D eigenvalue weighted by Gasteiger charge is 2.24. The summed E-state index contributed by atoms with van der Waals surface area (Å²) in [5.74, 6) is 1.41. The lowest BCUT2D eigenvalue weighted by molar-refractivity contribution is 0.0938. The summed E-state index contributed by atoms with van der Waals surface area (Å²) < 4.78 is 6.17. The van der Waals surface area contributed by atoms with Crippen LogP contribution < -0.4 is 5.32 Å². The number of furan rings is 1. The maximum Gasteiger partial charge on any atom is 0.289 e. The van der Waals surface area contributed by atoms with Crippen LogP contribution in [0.2, 0.25) is 0 Å². The van der Waals surface area contributed by atoms with Gasteiger partial charge < -0.3 is 9.73 Å². The highest BCUT2D eigenvalue weighted by atomic mass is 16.3. The summed E-state index contributed by atoms with van der Waals surface area (Å²) >= 11 is 0. The highest BCUT2D eigenvalue weighted by Crippen LogP contribution is 2.32. The van der Waals surface area contributed by atoms with Gasteiger partial charge in [-0.3, -0.25) is 4.79 Å². The molecule has 1 aromatic carbocycles. The monoisotopic (exact) mass is 363 g/mol. The van der Waals surface area contributed by atoms with Crippen LogP contribution in [0, 0.1) is 5.92 Å². The molecule has 5 nitrogen and oxygen atoms in total. The van der Waals surface area contributed by atoms with E-state index in [4.69, 9.17) is 4.42 Å². The number of carbonyl (C=O) groups excluding carboxylic acids is 1. The van der Waals surface area contributed by atoms with Gasteiger partial charge in [-0.15, -0.1) is 0 Å². The Kier molecular flexibility index (Phi) is 4.92. The molecule has 2 aromatic heterocycles. The SMILES string of the molecule is CC(C)CNC(=O)c1nc(Cc2ccccc2)c2oc3c(c2n1)CCCC3. The minimum absolute atomic E-state index is 0.217. The summed E-state index contributed by atoms with van der Waals surface area (Å²) in [4.78, 5) is 21.8. The van der Waals surface area contributed by atoms with E-state index in [9.17, 15) is 4.79 Å². The topological polar surface area (TPSA) is 68.0 Å². The molecule has 0 atom stereocenters. The fourth-order valence-corrected chi connectivity index (χ4v) is 3.56. The number of nitrogens with one attached hydrogen (secondary N) is 1. The van der Waals surface area contributed by atoms with Crippen LogP contribution in [-0.2, 0) is 19.3 Å². The van der Waals surface area contributed by atoms with Crippen LogP contribution in [0.3, 0.4) is 0 Å². The number of hydrogen-bond donors (Lipinski definition) is 1. The Morgan fingerprint density at radius 3 is 2.70 bits per heavy atom. The average molecular weight is 363 g/mol. The Morgan fingerprint density at radius 2 is 1.93 bits per heavy atom. The van der Waals surface area contributed by atoms with Crippen LogP contribution in [0.15, 0.2) is 34.7 Å². The van der Waals surface area contributed by atoms with Gasteiger partial charge in [-0.05, 0) is 30.7 Å². The number of aryl methyl sites for hydroxylation is 2. The van der Waals surface area contributed by atoms with E-state index in [0.717, 1.165) is 59.4 Å². The Labute approximate surface area is 159 Å². The molecule has 1 N–H and O–H groups in total. The zero-order valence-electron chi connectivity index (χ0n) is 15.9. The van der Waals surface area contributed by atoms with Gasteiger partial charge in [0, 0.05) is 24.9 Å². The summed E-state index contributed by atoms with van der Waals surface area (Å²) in [7, 11) is 0. The molecule has 2 heterocycles. The largest absolute Gasteiger partial charge is 0.457 e. The molecule has 1 aliphatic carbocycles. The van der Waals surface area contributed by atoms with Gasteiger partial charge in [0.1, 0.15) is 11.3 Å². The van der Waals surface area contributed by atoms with Crippen molar-refractivity contribution in [1.29, 1.82) is 0 Å². The van der Waals surface area contributed by atoms with Crippen LogP contribution in [0.25, 0.3) is 11.1 Å². The third-order valence-corrected chi connectivity index (χ3v) is 4.95. The summed E-state index contributed by atoms with van der Waals surface area (Å²) in [6.07, 6.45) is 4.78. The van der Waals surface area contributed by atoms with Crippen molar-refractivity contribution < 1.29 is 9.21 Å². The van der Waals surface area contributed by atoms with Crippen LogP contribution >= 0.6 is 0 Å². The van der Waals surface area contributed by atoms with Crippen molar-refractivity contribution >= 4 is 17.0 Å². The first-order chi connectivity index (χ1) is 13.1. The molecule has 1 amide bonds. The predicted molar refractivity (Wildman–Crippen MR) is 105 cm³/mol. The van der Waals surface area contributed by atoms with Gasteiger partial charge in [0.2, 0.25) is 5.82 Å². The lowest BCUT2D eigenvalue weighted by atomic mass is 9.97. The summed E-state index contributed by atoms with van der Waals surface area (Å²) in [5, 5.41) is 2.93. The van der Waals surface area contributed by atoms with Gasteiger partial charge in [0.15, 0.2) is 5.58 Å². The third-order valence-electron chi connectivity index (χ3n) is 4.95. The lowest BCUT2D eigenvalue weighted by Gasteiger charge is -2.09. The van der Waals surface area contributed by atoms with Gasteiger partial charge in [0.05, 0.1) is 5.69 Å². The molecule has 3 aromatic rings. The highest BCUT2D eigenvalue weighted by molar-refractivity contribution is 5.93. The minimum atomic E-state index is -0.217. The summed E-state index contributed by atoms with van der Waals surface area (Å²) in [5.41, 5.74) is 4.65. The molecule has 0 saturated carbocycles. The molecule has 0 aliphatic heterocycles. The van der Waals surface area contributed by atoms with Crippen molar-refractivity contribution in [2.75, 3.05) is 6.54 Å². The number of amides is 1.